The molecule has 2 aromatic heterocycles. The van der Waals surface area contributed by atoms with E-state index in [1.165, 1.54) is 4.31 Å². The van der Waals surface area contributed by atoms with E-state index in [1.807, 2.05) is 0 Å². The molecule has 12 heteroatoms. The smallest absolute Gasteiger partial charge is 0.326 e. The van der Waals surface area contributed by atoms with Gasteiger partial charge in [-0.2, -0.15) is 15.1 Å². The second kappa shape index (κ2) is 8.23. The molecule has 1 N–H and O–H groups in total. The lowest BCUT2D eigenvalue weighted by Crippen LogP contribution is -2.38. The molecule has 170 valence electrons. The Balaban J connectivity index is 1.72. The Labute approximate surface area is 192 Å². The van der Waals surface area contributed by atoms with Crippen molar-refractivity contribution in [1.29, 1.82) is 0 Å². The first-order chi connectivity index (χ1) is 15.8. The number of sulfonamides is 1. The molecule has 0 bridgehead atoms. The third kappa shape index (κ3) is 3.98. The van der Waals surface area contributed by atoms with Crippen LogP contribution in [0.15, 0.2) is 42.5 Å². The number of benzene rings is 2. The van der Waals surface area contributed by atoms with Crippen LogP contribution in [0.5, 0.6) is 11.8 Å². The molecule has 0 atom stereocenters. The maximum atomic E-state index is 14.1. The lowest BCUT2D eigenvalue weighted by Gasteiger charge is -2.28. The number of nitrogens with one attached hydrogen (secondary N) is 1. The minimum atomic E-state index is -3.67. The van der Waals surface area contributed by atoms with Crippen LogP contribution in [0, 0.1) is 11.6 Å². The summed E-state index contributed by atoms with van der Waals surface area (Å²) < 4.78 is 59.8. The summed E-state index contributed by atoms with van der Waals surface area (Å²) in [6.07, 6.45) is 1.16. The lowest BCUT2D eigenvalue weighted by molar-refractivity contribution is 0.409. The molecule has 2 aromatic carbocycles. The number of aromatic nitrogens is 4. The van der Waals surface area contributed by atoms with Crippen LogP contribution in [-0.2, 0) is 10.0 Å². The zero-order chi connectivity index (χ0) is 23.2. The number of H-pyrrole nitrogens is 1. The van der Waals surface area contributed by atoms with Gasteiger partial charge < -0.3 is 4.74 Å². The Hall–Kier alpha value is -3.31. The number of hydrogen-bond acceptors (Lipinski definition) is 6. The van der Waals surface area contributed by atoms with Gasteiger partial charge in [-0.05, 0) is 31.0 Å². The van der Waals surface area contributed by atoms with E-state index in [0.29, 0.717) is 40.6 Å². The number of fused-ring (bicyclic) bond motifs is 1. The highest BCUT2D eigenvalue weighted by molar-refractivity contribution is 7.92. The maximum Gasteiger partial charge on any atom is 0.326 e. The highest BCUT2D eigenvalue weighted by Gasteiger charge is 2.32. The van der Waals surface area contributed by atoms with Crippen LogP contribution in [0.25, 0.3) is 22.3 Å². The van der Waals surface area contributed by atoms with Gasteiger partial charge in [0.1, 0.15) is 5.82 Å². The predicted molar refractivity (Wildman–Crippen MR) is 119 cm³/mol. The zero-order valence-corrected chi connectivity index (χ0v) is 18.5. The summed E-state index contributed by atoms with van der Waals surface area (Å²) in [6, 6.07) is 9.43. The molecule has 8 nitrogen and oxygen atoms in total. The molecule has 5 rings (SSSR count). The SMILES string of the molecule is O=S1(=O)CCCCN1c1nc(Oc2ccc(F)cc2F)nc2n[nH]c(-c3ccccc3Cl)c12. The van der Waals surface area contributed by atoms with Crippen molar-refractivity contribution < 1.29 is 21.9 Å². The zero-order valence-electron chi connectivity index (χ0n) is 16.9. The fourth-order valence-electron chi connectivity index (χ4n) is 3.66. The van der Waals surface area contributed by atoms with Crippen molar-refractivity contribution >= 4 is 38.5 Å². The van der Waals surface area contributed by atoms with Crippen LogP contribution in [0.3, 0.4) is 0 Å². The normalized spacial score (nSPS) is 15.7. The molecule has 1 aliphatic heterocycles. The first-order valence-corrected chi connectivity index (χ1v) is 12.0. The number of hydrogen-bond donors (Lipinski definition) is 1. The monoisotopic (exact) mass is 491 g/mol. The lowest BCUT2D eigenvalue weighted by atomic mass is 10.1. The van der Waals surface area contributed by atoms with Crippen molar-refractivity contribution in [3.05, 3.63) is 59.1 Å². The van der Waals surface area contributed by atoms with Crippen molar-refractivity contribution in [2.45, 2.75) is 12.8 Å². The number of anilines is 1. The second-order valence-electron chi connectivity index (χ2n) is 7.38. The van der Waals surface area contributed by atoms with E-state index < -0.39 is 21.7 Å². The molecule has 0 saturated carbocycles. The molecule has 4 aromatic rings. The van der Waals surface area contributed by atoms with E-state index in [-0.39, 0.29) is 35.5 Å². The van der Waals surface area contributed by atoms with Crippen molar-refractivity contribution in [3.8, 4) is 23.0 Å². The van der Waals surface area contributed by atoms with Crippen molar-refractivity contribution in [2.24, 2.45) is 0 Å². The molecule has 0 aliphatic carbocycles. The van der Waals surface area contributed by atoms with Crippen molar-refractivity contribution in [2.75, 3.05) is 16.6 Å². The summed E-state index contributed by atoms with van der Waals surface area (Å²) in [5.74, 6) is -2.04. The van der Waals surface area contributed by atoms with E-state index in [1.54, 1.807) is 24.3 Å². The average molecular weight is 492 g/mol. The Morgan fingerprint density at radius 3 is 2.67 bits per heavy atom. The number of halogens is 3. The summed E-state index contributed by atoms with van der Waals surface area (Å²) in [4.78, 5) is 8.53. The van der Waals surface area contributed by atoms with Gasteiger partial charge in [0.05, 0.1) is 16.8 Å². The Kier molecular flexibility index (Phi) is 5.37. The van der Waals surface area contributed by atoms with Crippen LogP contribution >= 0.6 is 11.6 Å². The summed E-state index contributed by atoms with van der Waals surface area (Å²) >= 11 is 6.36. The van der Waals surface area contributed by atoms with Gasteiger partial charge in [0.25, 0.3) is 0 Å². The highest BCUT2D eigenvalue weighted by atomic mass is 35.5. The fourth-order valence-corrected chi connectivity index (χ4v) is 5.48. The molecule has 33 heavy (non-hydrogen) atoms. The second-order valence-corrected chi connectivity index (χ2v) is 9.80. The molecule has 1 aliphatic rings. The van der Waals surface area contributed by atoms with Crippen LogP contribution in [-0.4, -0.2) is 40.9 Å². The van der Waals surface area contributed by atoms with Crippen molar-refractivity contribution in [3.63, 3.8) is 0 Å². The van der Waals surface area contributed by atoms with Crippen molar-refractivity contribution in [1.82, 2.24) is 20.2 Å². The van der Waals surface area contributed by atoms with Gasteiger partial charge in [0.2, 0.25) is 10.0 Å². The molecule has 1 fully saturated rings. The van der Waals surface area contributed by atoms with E-state index in [4.69, 9.17) is 16.3 Å². The molecule has 0 amide bonds. The summed E-state index contributed by atoms with van der Waals surface area (Å²) in [6.45, 7) is 0.200. The van der Waals surface area contributed by atoms with E-state index >= 15 is 0 Å². The molecular weight excluding hydrogens is 476 g/mol. The quantitative estimate of drug-likeness (QED) is 0.445. The maximum absolute atomic E-state index is 14.1. The highest BCUT2D eigenvalue weighted by Crippen LogP contribution is 2.38. The molecule has 1 saturated heterocycles. The number of nitrogens with zero attached hydrogens (tertiary/aromatic N) is 4. The fraction of sp³-hybridized carbons (Fsp3) is 0.190. The molecule has 3 heterocycles. The van der Waals surface area contributed by atoms with Gasteiger partial charge in [-0.25, -0.2) is 17.2 Å². The number of aromatic amines is 1. The number of ether oxygens (including phenoxy) is 1. The third-order valence-corrected chi connectivity index (χ3v) is 7.36. The minimum Gasteiger partial charge on any atom is -0.421 e. The van der Waals surface area contributed by atoms with Crippen LogP contribution in [0.2, 0.25) is 5.02 Å². The van der Waals surface area contributed by atoms with Gasteiger partial charge in [-0.15, -0.1) is 0 Å². The first-order valence-electron chi connectivity index (χ1n) is 9.98. The van der Waals surface area contributed by atoms with Gasteiger partial charge in [-0.3, -0.25) is 9.40 Å². The van der Waals surface area contributed by atoms with Gasteiger partial charge in [0.15, 0.2) is 23.0 Å². The Morgan fingerprint density at radius 2 is 1.91 bits per heavy atom. The molecule has 0 spiro atoms. The summed E-state index contributed by atoms with van der Waals surface area (Å²) in [7, 11) is -3.67. The topological polar surface area (TPSA) is 101 Å². The Bertz CT molecular complexity index is 1480. The summed E-state index contributed by atoms with van der Waals surface area (Å²) in [5, 5.41) is 7.79. The van der Waals surface area contributed by atoms with E-state index in [9.17, 15) is 17.2 Å². The standard InChI is InChI=1S/C21H16ClF2N5O3S/c22-14-6-2-1-5-13(14)18-17-19(28-27-18)25-21(32-16-8-7-12(23)11-15(16)24)26-20(17)29-9-3-4-10-33(29,30)31/h1-2,5-8,11H,3-4,9-10H2,(H,25,26,27,28). The molecule has 0 radical (unpaired) electrons. The van der Waals surface area contributed by atoms with Crippen LogP contribution < -0.4 is 9.04 Å². The molecule has 0 unspecified atom stereocenters. The Morgan fingerprint density at radius 1 is 1.09 bits per heavy atom. The van der Waals surface area contributed by atoms with Gasteiger partial charge >= 0.3 is 6.01 Å². The predicted octanol–water partition coefficient (Wildman–Crippen LogP) is 4.67. The minimum absolute atomic E-state index is 0.0411. The number of rotatable bonds is 4. The molecular formula is C21H16ClF2N5O3S. The largest absolute Gasteiger partial charge is 0.421 e. The summed E-state index contributed by atoms with van der Waals surface area (Å²) in [5.41, 5.74) is 1.12. The third-order valence-electron chi connectivity index (χ3n) is 5.20. The first kappa shape index (κ1) is 21.5. The van der Waals surface area contributed by atoms with Crippen LogP contribution in [0.1, 0.15) is 12.8 Å². The van der Waals surface area contributed by atoms with Crippen LogP contribution in [0.4, 0.5) is 14.6 Å². The van der Waals surface area contributed by atoms with E-state index in [2.05, 4.69) is 20.2 Å². The van der Waals surface area contributed by atoms with Gasteiger partial charge in [0, 0.05) is 23.2 Å². The van der Waals surface area contributed by atoms with E-state index in [0.717, 1.165) is 12.1 Å². The average Bonchev–Trinajstić information content (AvgIpc) is 3.19. The van der Waals surface area contributed by atoms with Gasteiger partial charge in [-0.1, -0.05) is 29.8 Å².